The summed E-state index contributed by atoms with van der Waals surface area (Å²) in [5, 5.41) is 2.91. The van der Waals surface area contributed by atoms with E-state index >= 15 is 0 Å². The Bertz CT molecular complexity index is 989. The number of ether oxygens (including phenoxy) is 2. The van der Waals surface area contributed by atoms with Gasteiger partial charge in [0.2, 0.25) is 5.91 Å². The summed E-state index contributed by atoms with van der Waals surface area (Å²) in [7, 11) is 0. The van der Waals surface area contributed by atoms with Gasteiger partial charge in [0.25, 0.3) is 0 Å². The molecule has 6 heteroatoms. The van der Waals surface area contributed by atoms with Gasteiger partial charge in [-0.25, -0.2) is 0 Å². The number of allylic oxidation sites excluding steroid dienone is 1. The van der Waals surface area contributed by atoms with Crippen molar-refractivity contribution in [2.24, 2.45) is 46.3 Å². The molecule has 0 radical (unpaired) electrons. The summed E-state index contributed by atoms with van der Waals surface area (Å²) in [6, 6.07) is 0. The van der Waals surface area contributed by atoms with E-state index in [1.54, 1.807) is 0 Å². The normalized spacial score (nSPS) is 36.7. The van der Waals surface area contributed by atoms with Gasteiger partial charge in [-0.3, -0.25) is 14.5 Å². The fourth-order valence-corrected chi connectivity index (χ4v) is 10.5. The van der Waals surface area contributed by atoms with Gasteiger partial charge in [-0.15, -0.1) is 0 Å². The molecule has 6 nitrogen and oxygen atoms in total. The van der Waals surface area contributed by atoms with Crippen molar-refractivity contribution in [3.8, 4) is 0 Å². The number of fused-ring (bicyclic) bond motifs is 5. The minimum Gasteiger partial charge on any atom is -0.462 e. The monoisotopic (exact) mass is 598 g/mol. The molecule has 8 atom stereocenters. The Labute approximate surface area is 262 Å². The number of esters is 1. The maximum atomic E-state index is 12.7. The van der Waals surface area contributed by atoms with Crippen LogP contribution in [-0.2, 0) is 19.1 Å². The SMILES string of the molecule is CC(C)CCC[C@@H](C)[C@H]1CC[C@H]2[C@@H]3CC=C4C[C@@H](OC(=O)CC(=O)NCCCN5CCOCC5)CC[C@]4(C)[C@H]3CC[C@]12C. The zero-order valence-electron chi connectivity index (χ0n) is 28.1. The fraction of sp³-hybridized carbons (Fsp3) is 0.892. The summed E-state index contributed by atoms with van der Waals surface area (Å²) in [5.41, 5.74) is 2.28. The van der Waals surface area contributed by atoms with Gasteiger partial charge in [0.15, 0.2) is 0 Å². The van der Waals surface area contributed by atoms with Crippen LogP contribution in [0.3, 0.4) is 0 Å². The summed E-state index contributed by atoms with van der Waals surface area (Å²) >= 11 is 0. The maximum absolute atomic E-state index is 12.7. The van der Waals surface area contributed by atoms with Crippen molar-refractivity contribution in [1.82, 2.24) is 10.2 Å². The number of nitrogens with one attached hydrogen (secondary N) is 1. The molecule has 43 heavy (non-hydrogen) atoms. The number of amides is 1. The molecule has 244 valence electrons. The summed E-state index contributed by atoms with van der Waals surface area (Å²) in [4.78, 5) is 27.4. The summed E-state index contributed by atoms with van der Waals surface area (Å²) in [5.74, 6) is 4.40. The van der Waals surface area contributed by atoms with Gasteiger partial charge in [-0.1, -0.05) is 65.5 Å². The van der Waals surface area contributed by atoms with Crippen LogP contribution in [0.25, 0.3) is 0 Å². The Hall–Kier alpha value is -1.40. The van der Waals surface area contributed by atoms with Crippen molar-refractivity contribution in [2.75, 3.05) is 39.4 Å². The molecule has 0 aromatic rings. The van der Waals surface area contributed by atoms with Crippen LogP contribution >= 0.6 is 0 Å². The molecule has 1 heterocycles. The lowest BCUT2D eigenvalue weighted by Crippen LogP contribution is -2.51. The number of rotatable bonds is 12. The van der Waals surface area contributed by atoms with E-state index in [1.165, 1.54) is 56.9 Å². The molecule has 0 unspecified atom stereocenters. The third-order valence-corrected chi connectivity index (χ3v) is 12.9. The van der Waals surface area contributed by atoms with Crippen LogP contribution in [0.15, 0.2) is 11.6 Å². The average Bonchev–Trinajstić information content (AvgIpc) is 3.33. The number of carbonyl (C=O) groups is 2. The molecule has 0 aromatic heterocycles. The van der Waals surface area contributed by atoms with Crippen molar-refractivity contribution in [2.45, 2.75) is 124 Å². The van der Waals surface area contributed by atoms with E-state index in [9.17, 15) is 9.59 Å². The van der Waals surface area contributed by atoms with Crippen LogP contribution in [0, 0.1) is 46.3 Å². The highest BCUT2D eigenvalue weighted by atomic mass is 16.5. The first-order chi connectivity index (χ1) is 20.6. The Kier molecular flexibility index (Phi) is 11.0. The largest absolute Gasteiger partial charge is 0.462 e. The second-order valence-corrected chi connectivity index (χ2v) is 16.0. The standard InChI is InChI=1S/C37H62N2O4/c1-26(2)8-6-9-27(3)31-12-13-32-30-11-10-28-24-29(14-16-36(28,4)33(30)15-17-37(31,32)5)43-35(41)25-34(40)38-18-7-19-39-20-22-42-23-21-39/h10,26-27,29-33H,6-9,11-25H2,1-5H3,(H,38,40)/t27-,29+,30+,31-,32+,33+,36+,37-/m1/s1. The first-order valence-electron chi connectivity index (χ1n) is 18.1. The van der Waals surface area contributed by atoms with E-state index in [0.29, 0.717) is 12.0 Å². The van der Waals surface area contributed by atoms with Gasteiger partial charge < -0.3 is 14.8 Å². The molecule has 1 saturated heterocycles. The number of hydrogen-bond acceptors (Lipinski definition) is 5. The highest BCUT2D eigenvalue weighted by Gasteiger charge is 2.59. The molecular weight excluding hydrogens is 536 g/mol. The molecule has 0 bridgehead atoms. The van der Waals surface area contributed by atoms with Crippen molar-refractivity contribution in [1.29, 1.82) is 0 Å². The Balaban J connectivity index is 1.09. The van der Waals surface area contributed by atoms with Gasteiger partial charge in [0.05, 0.1) is 13.2 Å². The topological polar surface area (TPSA) is 67.9 Å². The molecule has 1 amide bonds. The number of hydrogen-bond donors (Lipinski definition) is 1. The zero-order chi connectivity index (χ0) is 30.6. The van der Waals surface area contributed by atoms with Gasteiger partial charge in [-0.05, 0) is 104 Å². The Morgan fingerprint density at radius 2 is 1.81 bits per heavy atom. The fourth-order valence-electron chi connectivity index (χ4n) is 10.5. The molecule has 5 aliphatic rings. The molecule has 1 aliphatic heterocycles. The highest BCUT2D eigenvalue weighted by molar-refractivity contribution is 5.94. The molecule has 1 N–H and O–H groups in total. The van der Waals surface area contributed by atoms with Crippen molar-refractivity contribution in [3.05, 3.63) is 11.6 Å². The third-order valence-electron chi connectivity index (χ3n) is 12.9. The second-order valence-electron chi connectivity index (χ2n) is 16.0. The lowest BCUT2D eigenvalue weighted by Gasteiger charge is -2.58. The summed E-state index contributed by atoms with van der Waals surface area (Å²) in [6.07, 6.45) is 17.0. The van der Waals surface area contributed by atoms with Gasteiger partial charge in [-0.2, -0.15) is 0 Å². The molecule has 0 aromatic carbocycles. The first kappa shape index (κ1) is 33.0. The van der Waals surface area contributed by atoms with E-state index < -0.39 is 0 Å². The van der Waals surface area contributed by atoms with Crippen molar-refractivity contribution >= 4 is 11.9 Å². The van der Waals surface area contributed by atoms with Crippen LogP contribution in [0.2, 0.25) is 0 Å². The summed E-state index contributed by atoms with van der Waals surface area (Å²) < 4.78 is 11.3. The third kappa shape index (κ3) is 7.54. The maximum Gasteiger partial charge on any atom is 0.315 e. The quantitative estimate of drug-likeness (QED) is 0.112. The van der Waals surface area contributed by atoms with Crippen molar-refractivity contribution in [3.63, 3.8) is 0 Å². The zero-order valence-corrected chi connectivity index (χ0v) is 28.1. The van der Waals surface area contributed by atoms with Crippen LogP contribution in [-0.4, -0.2) is 62.3 Å². The molecular formula is C37H62N2O4. The minimum atomic E-state index is -0.374. The van der Waals surface area contributed by atoms with E-state index in [2.05, 4.69) is 50.9 Å². The Morgan fingerprint density at radius 3 is 2.58 bits per heavy atom. The smallest absolute Gasteiger partial charge is 0.315 e. The van der Waals surface area contributed by atoms with Crippen LogP contribution in [0.1, 0.15) is 118 Å². The average molecular weight is 599 g/mol. The summed E-state index contributed by atoms with van der Waals surface area (Å²) in [6.45, 7) is 17.5. The lowest BCUT2D eigenvalue weighted by atomic mass is 9.47. The minimum absolute atomic E-state index is 0.0890. The van der Waals surface area contributed by atoms with E-state index in [0.717, 1.165) is 94.0 Å². The Morgan fingerprint density at radius 1 is 1.02 bits per heavy atom. The van der Waals surface area contributed by atoms with Crippen LogP contribution < -0.4 is 5.32 Å². The molecule has 3 saturated carbocycles. The van der Waals surface area contributed by atoms with Crippen LogP contribution in [0.4, 0.5) is 0 Å². The first-order valence-corrected chi connectivity index (χ1v) is 18.1. The van der Waals surface area contributed by atoms with Gasteiger partial charge in [0.1, 0.15) is 12.5 Å². The molecule has 0 spiro atoms. The number of nitrogens with zero attached hydrogens (tertiary/aromatic N) is 1. The van der Waals surface area contributed by atoms with E-state index in [-0.39, 0.29) is 29.8 Å². The second kappa shape index (κ2) is 14.4. The molecule has 4 aliphatic carbocycles. The highest BCUT2D eigenvalue weighted by Crippen LogP contribution is 2.67. The van der Waals surface area contributed by atoms with Crippen LogP contribution in [0.5, 0.6) is 0 Å². The molecule has 4 fully saturated rings. The van der Waals surface area contributed by atoms with E-state index in [1.807, 2.05) is 0 Å². The van der Waals surface area contributed by atoms with E-state index in [4.69, 9.17) is 9.47 Å². The lowest BCUT2D eigenvalue weighted by molar-refractivity contribution is -0.153. The van der Waals surface area contributed by atoms with Gasteiger partial charge in [0, 0.05) is 26.1 Å². The predicted molar refractivity (Wildman–Crippen MR) is 172 cm³/mol. The number of carbonyl (C=O) groups excluding carboxylic acids is 2. The predicted octanol–water partition coefficient (Wildman–Crippen LogP) is 7.17. The molecule has 5 rings (SSSR count). The number of morpholine rings is 1. The van der Waals surface area contributed by atoms with Gasteiger partial charge >= 0.3 is 5.97 Å². The van der Waals surface area contributed by atoms with Crippen molar-refractivity contribution < 1.29 is 19.1 Å².